The van der Waals surface area contributed by atoms with E-state index in [2.05, 4.69) is 0 Å². The highest BCUT2D eigenvalue weighted by Crippen LogP contribution is 2.24. The van der Waals surface area contributed by atoms with Crippen molar-refractivity contribution >= 4 is 17.4 Å². The molecule has 0 aromatic heterocycles. The van der Waals surface area contributed by atoms with Gasteiger partial charge >= 0.3 is 0 Å². The minimum absolute atomic E-state index is 0.121. The van der Waals surface area contributed by atoms with Gasteiger partial charge in [-0.25, -0.2) is 4.39 Å². The Labute approximate surface area is 117 Å². The predicted molar refractivity (Wildman–Crippen MR) is 75.5 cm³/mol. The molecule has 0 N–H and O–H groups in total. The highest BCUT2D eigenvalue weighted by molar-refractivity contribution is 6.32. The zero-order chi connectivity index (χ0) is 14.2. The normalized spacial score (nSPS) is 10.6. The number of halogens is 2. The fourth-order valence-corrected chi connectivity index (χ4v) is 2.37. The molecule has 19 heavy (non-hydrogen) atoms. The Hall–Kier alpha value is -1.67. The van der Waals surface area contributed by atoms with Crippen LogP contribution < -0.4 is 0 Å². The summed E-state index contributed by atoms with van der Waals surface area (Å²) in [6.07, 6.45) is 0. The molecular formula is C16H14ClFO. The van der Waals surface area contributed by atoms with E-state index in [4.69, 9.17) is 11.6 Å². The van der Waals surface area contributed by atoms with E-state index < -0.39 is 5.82 Å². The minimum Gasteiger partial charge on any atom is -0.288 e. The van der Waals surface area contributed by atoms with Crippen molar-refractivity contribution in [3.05, 3.63) is 69.0 Å². The Balaban J connectivity index is 2.60. The zero-order valence-corrected chi connectivity index (χ0v) is 11.8. The Morgan fingerprint density at radius 2 is 1.84 bits per heavy atom. The molecule has 3 heteroatoms. The molecule has 0 bridgehead atoms. The van der Waals surface area contributed by atoms with Crippen molar-refractivity contribution in [1.29, 1.82) is 0 Å². The van der Waals surface area contributed by atoms with Crippen LogP contribution in [0.25, 0.3) is 0 Å². The summed E-state index contributed by atoms with van der Waals surface area (Å²) in [4.78, 5) is 12.5. The van der Waals surface area contributed by atoms with Gasteiger partial charge in [-0.3, -0.25) is 4.79 Å². The average molecular weight is 277 g/mol. The van der Waals surface area contributed by atoms with E-state index >= 15 is 0 Å². The van der Waals surface area contributed by atoms with E-state index in [1.165, 1.54) is 6.07 Å². The molecule has 0 fully saturated rings. The molecule has 0 aliphatic rings. The van der Waals surface area contributed by atoms with Crippen LogP contribution in [0.3, 0.4) is 0 Å². The average Bonchev–Trinajstić information content (AvgIpc) is 2.31. The van der Waals surface area contributed by atoms with E-state index in [1.54, 1.807) is 45.0 Å². The molecule has 0 unspecified atom stereocenters. The summed E-state index contributed by atoms with van der Waals surface area (Å²) >= 11 is 6.00. The number of hydrogen-bond acceptors (Lipinski definition) is 1. The molecule has 0 saturated carbocycles. The first-order chi connectivity index (χ1) is 8.91. The molecular weight excluding hydrogens is 263 g/mol. The molecule has 0 heterocycles. The number of benzene rings is 2. The Kier molecular flexibility index (Phi) is 3.72. The molecule has 98 valence electrons. The van der Waals surface area contributed by atoms with Crippen molar-refractivity contribution in [3.63, 3.8) is 0 Å². The Bertz CT molecular complexity index is 639. The second kappa shape index (κ2) is 5.14. The highest BCUT2D eigenvalue weighted by Gasteiger charge is 2.19. The van der Waals surface area contributed by atoms with Crippen LogP contribution in [0.5, 0.6) is 0 Å². The summed E-state index contributed by atoms with van der Waals surface area (Å²) in [5.74, 6) is -0.808. The van der Waals surface area contributed by atoms with Crippen LogP contribution in [-0.4, -0.2) is 5.78 Å². The van der Waals surface area contributed by atoms with Crippen molar-refractivity contribution in [2.75, 3.05) is 0 Å². The lowest BCUT2D eigenvalue weighted by atomic mass is 9.94. The Morgan fingerprint density at radius 1 is 1.16 bits per heavy atom. The first kappa shape index (κ1) is 13.8. The van der Waals surface area contributed by atoms with Crippen molar-refractivity contribution < 1.29 is 9.18 Å². The molecule has 1 nitrogen and oxygen atoms in total. The van der Waals surface area contributed by atoms with E-state index in [1.807, 2.05) is 0 Å². The minimum atomic E-state index is -0.484. The van der Waals surface area contributed by atoms with Crippen molar-refractivity contribution in [3.8, 4) is 0 Å². The third kappa shape index (κ3) is 2.54. The van der Waals surface area contributed by atoms with Crippen LogP contribution in [0, 0.1) is 26.6 Å². The van der Waals surface area contributed by atoms with Gasteiger partial charge in [0.05, 0.1) is 5.56 Å². The number of rotatable bonds is 2. The van der Waals surface area contributed by atoms with Crippen LogP contribution in [0.4, 0.5) is 4.39 Å². The lowest BCUT2D eigenvalue weighted by Crippen LogP contribution is -2.09. The van der Waals surface area contributed by atoms with Gasteiger partial charge in [0.1, 0.15) is 5.82 Å². The number of carbonyl (C=O) groups excluding carboxylic acids is 1. The van der Waals surface area contributed by atoms with Crippen LogP contribution in [0.1, 0.15) is 32.6 Å². The van der Waals surface area contributed by atoms with Gasteiger partial charge in [-0.05, 0) is 49.6 Å². The van der Waals surface area contributed by atoms with Crippen molar-refractivity contribution in [1.82, 2.24) is 0 Å². The molecule has 2 rings (SSSR count). The highest BCUT2D eigenvalue weighted by atomic mass is 35.5. The van der Waals surface area contributed by atoms with Gasteiger partial charge in [0, 0.05) is 10.6 Å². The lowest BCUT2D eigenvalue weighted by Gasteiger charge is -2.10. The van der Waals surface area contributed by atoms with E-state index in [0.29, 0.717) is 21.7 Å². The molecule has 0 radical (unpaired) electrons. The summed E-state index contributed by atoms with van der Waals surface area (Å²) < 4.78 is 14.0. The number of hydrogen-bond donors (Lipinski definition) is 0. The summed E-state index contributed by atoms with van der Waals surface area (Å²) in [5, 5.41) is 0.510. The van der Waals surface area contributed by atoms with Crippen molar-refractivity contribution in [2.24, 2.45) is 0 Å². The van der Waals surface area contributed by atoms with E-state index in [-0.39, 0.29) is 11.3 Å². The molecule has 0 spiro atoms. The molecule has 2 aromatic carbocycles. The van der Waals surface area contributed by atoms with Gasteiger partial charge in [0.25, 0.3) is 0 Å². The predicted octanol–water partition coefficient (Wildman–Crippen LogP) is 4.64. The smallest absolute Gasteiger partial charge is 0.196 e. The molecule has 0 saturated heterocycles. The maximum absolute atomic E-state index is 14.0. The molecule has 2 aromatic rings. The van der Waals surface area contributed by atoms with Gasteiger partial charge < -0.3 is 0 Å². The first-order valence-corrected chi connectivity index (χ1v) is 6.36. The first-order valence-electron chi connectivity index (χ1n) is 5.98. The zero-order valence-electron chi connectivity index (χ0n) is 11.1. The van der Waals surface area contributed by atoms with Gasteiger partial charge in [0.15, 0.2) is 5.78 Å². The quantitative estimate of drug-likeness (QED) is 0.731. The van der Waals surface area contributed by atoms with Crippen LogP contribution in [0.15, 0.2) is 30.3 Å². The maximum Gasteiger partial charge on any atom is 0.196 e. The largest absolute Gasteiger partial charge is 0.288 e. The van der Waals surface area contributed by atoms with Gasteiger partial charge in [0.2, 0.25) is 0 Å². The molecule has 0 aliphatic carbocycles. The summed E-state index contributed by atoms with van der Waals surface area (Å²) in [7, 11) is 0. The molecule has 0 atom stereocenters. The topological polar surface area (TPSA) is 17.1 Å². The monoisotopic (exact) mass is 276 g/mol. The number of carbonyl (C=O) groups is 1. The second-order valence-electron chi connectivity index (χ2n) is 4.68. The third-order valence-electron chi connectivity index (χ3n) is 3.17. The van der Waals surface area contributed by atoms with Gasteiger partial charge in [-0.1, -0.05) is 29.8 Å². The standard InChI is InChI=1S/C16H14ClFO/c1-9-7-10(2)15(14(18)8-9)16(19)12-5-4-6-13(17)11(12)3/h4-8H,1-3H3. The fourth-order valence-electron chi connectivity index (χ4n) is 2.19. The van der Waals surface area contributed by atoms with Gasteiger partial charge in [-0.2, -0.15) is 0 Å². The summed E-state index contributed by atoms with van der Waals surface area (Å²) in [5.41, 5.74) is 2.68. The Morgan fingerprint density at radius 3 is 2.47 bits per heavy atom. The molecule has 0 amide bonds. The summed E-state index contributed by atoms with van der Waals surface area (Å²) in [6.45, 7) is 5.30. The maximum atomic E-state index is 14.0. The third-order valence-corrected chi connectivity index (χ3v) is 3.58. The fraction of sp³-hybridized carbons (Fsp3) is 0.188. The van der Waals surface area contributed by atoms with E-state index in [0.717, 1.165) is 5.56 Å². The van der Waals surface area contributed by atoms with Crippen LogP contribution in [-0.2, 0) is 0 Å². The molecule has 0 aliphatic heterocycles. The van der Waals surface area contributed by atoms with Crippen LogP contribution in [0.2, 0.25) is 5.02 Å². The van der Waals surface area contributed by atoms with Gasteiger partial charge in [-0.15, -0.1) is 0 Å². The summed E-state index contributed by atoms with van der Waals surface area (Å²) in [6, 6.07) is 8.26. The second-order valence-corrected chi connectivity index (χ2v) is 5.09. The lowest BCUT2D eigenvalue weighted by molar-refractivity contribution is 0.103. The number of ketones is 1. The van der Waals surface area contributed by atoms with Crippen molar-refractivity contribution in [2.45, 2.75) is 20.8 Å². The van der Waals surface area contributed by atoms with E-state index in [9.17, 15) is 9.18 Å². The SMILES string of the molecule is Cc1cc(C)c(C(=O)c2cccc(Cl)c2C)c(F)c1. The number of aryl methyl sites for hydroxylation is 2. The van der Waals surface area contributed by atoms with Crippen LogP contribution >= 0.6 is 11.6 Å².